The van der Waals surface area contributed by atoms with Crippen molar-refractivity contribution in [3.05, 3.63) is 0 Å². The molecular weight excluding hydrogens is 304 g/mol. The molecule has 0 aromatic heterocycles. The zero-order chi connectivity index (χ0) is 18.5. The van der Waals surface area contributed by atoms with E-state index in [1.807, 2.05) is 25.7 Å². The highest BCUT2D eigenvalue weighted by atomic mass is 16.6. The third-order valence-electron chi connectivity index (χ3n) is 4.18. The van der Waals surface area contributed by atoms with Crippen LogP contribution in [-0.2, 0) is 4.74 Å². The van der Waals surface area contributed by atoms with Crippen LogP contribution < -0.4 is 5.32 Å². The maximum Gasteiger partial charge on any atom is 0.410 e. The zero-order valence-electron chi connectivity index (χ0n) is 16.7. The average Bonchev–Trinajstić information content (AvgIpc) is 2.80. The molecule has 5 heteroatoms. The van der Waals surface area contributed by atoms with Crippen molar-refractivity contribution in [3.8, 4) is 0 Å². The Morgan fingerprint density at radius 3 is 2.46 bits per heavy atom. The minimum absolute atomic E-state index is 0.128. The molecule has 0 bridgehead atoms. The minimum atomic E-state index is -0.453. The molecule has 24 heavy (non-hydrogen) atoms. The number of nitrogens with one attached hydrogen (secondary N) is 1. The van der Waals surface area contributed by atoms with E-state index in [0.717, 1.165) is 32.2 Å². The topological polar surface area (TPSA) is 61.8 Å². The number of nitrogens with zero attached hydrogens (tertiary/aromatic N) is 1. The van der Waals surface area contributed by atoms with E-state index < -0.39 is 5.60 Å². The van der Waals surface area contributed by atoms with Crippen LogP contribution in [-0.4, -0.2) is 53.0 Å². The largest absolute Gasteiger partial charge is 0.444 e. The molecule has 1 aliphatic rings. The van der Waals surface area contributed by atoms with E-state index in [0.29, 0.717) is 6.54 Å². The first-order chi connectivity index (χ1) is 10.9. The smallest absolute Gasteiger partial charge is 0.410 e. The van der Waals surface area contributed by atoms with Gasteiger partial charge in [0.15, 0.2) is 0 Å². The van der Waals surface area contributed by atoms with E-state index in [2.05, 4.69) is 33.0 Å². The molecule has 0 saturated carbocycles. The maximum absolute atomic E-state index is 12.3. The van der Waals surface area contributed by atoms with Crippen LogP contribution in [0.3, 0.4) is 0 Å². The lowest BCUT2D eigenvalue weighted by Gasteiger charge is -2.30. The Balaban J connectivity index is 2.42. The van der Waals surface area contributed by atoms with Gasteiger partial charge in [-0.3, -0.25) is 0 Å². The van der Waals surface area contributed by atoms with Gasteiger partial charge in [-0.05, 0) is 58.8 Å². The fourth-order valence-corrected chi connectivity index (χ4v) is 3.25. The summed E-state index contributed by atoms with van der Waals surface area (Å²) in [5.41, 5.74) is -0.325. The quantitative estimate of drug-likeness (QED) is 0.775. The van der Waals surface area contributed by atoms with Gasteiger partial charge in [0.25, 0.3) is 0 Å². The normalized spacial score (nSPS) is 21.7. The molecule has 1 saturated heterocycles. The van der Waals surface area contributed by atoms with E-state index in [-0.39, 0.29) is 29.7 Å². The number of likely N-dealkylation sites (tertiary alicyclic amines) is 1. The molecule has 142 valence electrons. The molecule has 3 atom stereocenters. The Morgan fingerprint density at radius 1 is 1.29 bits per heavy atom. The van der Waals surface area contributed by atoms with Gasteiger partial charge in [-0.1, -0.05) is 20.8 Å². The molecule has 0 radical (unpaired) electrons. The highest BCUT2D eigenvalue weighted by Gasteiger charge is 2.32. The maximum atomic E-state index is 12.3. The second-order valence-corrected chi connectivity index (χ2v) is 9.43. The molecule has 1 heterocycles. The summed E-state index contributed by atoms with van der Waals surface area (Å²) >= 11 is 0. The van der Waals surface area contributed by atoms with Crippen LogP contribution in [0.5, 0.6) is 0 Å². The highest BCUT2D eigenvalue weighted by molar-refractivity contribution is 5.68. The number of hydrogen-bond acceptors (Lipinski definition) is 4. The number of carbonyl (C=O) groups excluding carboxylic acids is 1. The van der Waals surface area contributed by atoms with E-state index >= 15 is 0 Å². The summed E-state index contributed by atoms with van der Waals surface area (Å²) in [5, 5.41) is 13.5. The molecule has 1 amide bonds. The summed E-state index contributed by atoms with van der Waals surface area (Å²) in [5.74, 6) is 0. The van der Waals surface area contributed by atoms with E-state index in [9.17, 15) is 9.90 Å². The lowest BCUT2D eigenvalue weighted by Crippen LogP contribution is -2.43. The molecule has 0 aliphatic carbocycles. The third-order valence-corrected chi connectivity index (χ3v) is 4.18. The van der Waals surface area contributed by atoms with Crippen molar-refractivity contribution in [2.75, 3.05) is 13.1 Å². The molecule has 1 fully saturated rings. The number of ether oxygens (including phenoxy) is 1. The second-order valence-electron chi connectivity index (χ2n) is 9.43. The monoisotopic (exact) mass is 342 g/mol. The number of rotatable bonds is 6. The zero-order valence-corrected chi connectivity index (χ0v) is 16.7. The summed E-state index contributed by atoms with van der Waals surface area (Å²) in [6.45, 7) is 15.6. The number of aliphatic hydroxyl groups excluding tert-OH is 1. The van der Waals surface area contributed by atoms with Gasteiger partial charge in [-0.2, -0.15) is 0 Å². The van der Waals surface area contributed by atoms with Crippen LogP contribution in [0.2, 0.25) is 0 Å². The Bertz CT molecular complexity index is 398. The van der Waals surface area contributed by atoms with E-state index in [4.69, 9.17) is 4.74 Å². The molecule has 5 nitrogen and oxygen atoms in total. The van der Waals surface area contributed by atoms with Gasteiger partial charge in [0.2, 0.25) is 0 Å². The Kier molecular flexibility index (Phi) is 7.54. The predicted molar refractivity (Wildman–Crippen MR) is 98.1 cm³/mol. The van der Waals surface area contributed by atoms with Crippen molar-refractivity contribution in [2.24, 2.45) is 5.41 Å². The van der Waals surface area contributed by atoms with Gasteiger partial charge in [0.05, 0.1) is 6.10 Å². The van der Waals surface area contributed by atoms with Gasteiger partial charge < -0.3 is 20.1 Å². The average molecular weight is 343 g/mol. The van der Waals surface area contributed by atoms with Crippen LogP contribution in [0.4, 0.5) is 4.79 Å². The van der Waals surface area contributed by atoms with Gasteiger partial charge in [-0.15, -0.1) is 0 Å². The number of carbonyl (C=O) groups is 1. The second kappa shape index (κ2) is 8.52. The van der Waals surface area contributed by atoms with Crippen LogP contribution >= 0.6 is 0 Å². The van der Waals surface area contributed by atoms with Crippen molar-refractivity contribution in [1.29, 1.82) is 0 Å². The lowest BCUT2D eigenvalue weighted by atomic mass is 9.89. The Morgan fingerprint density at radius 2 is 1.92 bits per heavy atom. The Hall–Kier alpha value is -0.810. The number of hydrogen-bond donors (Lipinski definition) is 2. The van der Waals surface area contributed by atoms with Gasteiger partial charge >= 0.3 is 6.09 Å². The summed E-state index contributed by atoms with van der Waals surface area (Å²) in [4.78, 5) is 14.2. The van der Waals surface area contributed by atoms with E-state index in [1.54, 1.807) is 0 Å². The molecule has 0 aromatic carbocycles. The van der Waals surface area contributed by atoms with Crippen molar-refractivity contribution in [1.82, 2.24) is 10.2 Å². The van der Waals surface area contributed by atoms with Gasteiger partial charge in [-0.25, -0.2) is 4.79 Å². The summed E-state index contributed by atoms with van der Waals surface area (Å²) in [6.07, 6.45) is 3.18. The van der Waals surface area contributed by atoms with Gasteiger partial charge in [0.1, 0.15) is 5.60 Å². The first kappa shape index (κ1) is 21.2. The molecule has 1 aliphatic heterocycles. The SMILES string of the molecule is CC(CC1CCCN1C(=O)OC(C)(C)C)NCC(O)CC(C)(C)C. The molecule has 0 aromatic rings. The van der Waals surface area contributed by atoms with E-state index in [1.165, 1.54) is 0 Å². The minimum Gasteiger partial charge on any atom is -0.444 e. The predicted octanol–water partition coefficient (Wildman–Crippen LogP) is 3.55. The standard InChI is InChI=1S/C19H38N2O3/c1-14(20-13-16(22)12-18(2,3)4)11-15-9-8-10-21(15)17(23)24-19(5,6)7/h14-16,20,22H,8-13H2,1-7H3. The van der Waals surface area contributed by atoms with Crippen LogP contribution in [0.1, 0.15) is 74.1 Å². The fraction of sp³-hybridized carbons (Fsp3) is 0.947. The number of aliphatic hydroxyl groups is 1. The molecule has 0 spiro atoms. The first-order valence-electron chi connectivity index (χ1n) is 9.28. The highest BCUT2D eigenvalue weighted by Crippen LogP contribution is 2.24. The van der Waals surface area contributed by atoms with Crippen molar-refractivity contribution < 1.29 is 14.6 Å². The molecule has 3 unspecified atom stereocenters. The van der Waals surface area contributed by atoms with Crippen molar-refractivity contribution in [2.45, 2.75) is 97.9 Å². The van der Waals surface area contributed by atoms with Crippen molar-refractivity contribution in [3.63, 3.8) is 0 Å². The molecule has 1 rings (SSSR count). The molecule has 2 N–H and O–H groups in total. The molecular formula is C19H38N2O3. The van der Waals surface area contributed by atoms with Gasteiger partial charge in [0, 0.05) is 25.2 Å². The van der Waals surface area contributed by atoms with Crippen LogP contribution in [0.15, 0.2) is 0 Å². The first-order valence-corrected chi connectivity index (χ1v) is 9.28. The van der Waals surface area contributed by atoms with Crippen LogP contribution in [0, 0.1) is 5.41 Å². The summed E-state index contributed by atoms with van der Waals surface area (Å²) in [6, 6.07) is 0.481. The number of amides is 1. The Labute approximate surface area is 148 Å². The summed E-state index contributed by atoms with van der Waals surface area (Å²) in [7, 11) is 0. The van der Waals surface area contributed by atoms with Crippen molar-refractivity contribution >= 4 is 6.09 Å². The fourth-order valence-electron chi connectivity index (χ4n) is 3.25. The summed E-state index contributed by atoms with van der Waals surface area (Å²) < 4.78 is 5.51. The third kappa shape index (κ3) is 8.34. The van der Waals surface area contributed by atoms with Crippen LogP contribution in [0.25, 0.3) is 0 Å². The lowest BCUT2D eigenvalue weighted by molar-refractivity contribution is 0.0212.